The Bertz CT molecular complexity index is 584. The van der Waals surface area contributed by atoms with Crippen molar-refractivity contribution in [3.8, 4) is 0 Å². The summed E-state index contributed by atoms with van der Waals surface area (Å²) in [6.07, 6.45) is 4.22. The summed E-state index contributed by atoms with van der Waals surface area (Å²) >= 11 is 0. The summed E-state index contributed by atoms with van der Waals surface area (Å²) in [4.78, 5) is 14.0. The summed E-state index contributed by atoms with van der Waals surface area (Å²) in [5.41, 5.74) is 0.879. The van der Waals surface area contributed by atoms with Gasteiger partial charge in [0.25, 0.3) is 5.91 Å². The van der Waals surface area contributed by atoms with E-state index in [2.05, 4.69) is 5.10 Å². The second-order valence-electron chi connectivity index (χ2n) is 4.72. The third kappa shape index (κ3) is 1.85. The van der Waals surface area contributed by atoms with Gasteiger partial charge >= 0.3 is 5.65 Å². The predicted molar refractivity (Wildman–Crippen MR) is 65.9 cm³/mol. The van der Waals surface area contributed by atoms with Gasteiger partial charge in [-0.05, 0) is 18.9 Å². The Morgan fingerprint density at radius 2 is 2.17 bits per heavy atom. The molecule has 1 aliphatic heterocycles. The molecule has 0 saturated carbocycles. The highest BCUT2D eigenvalue weighted by molar-refractivity contribution is 5.76. The van der Waals surface area contributed by atoms with Crippen LogP contribution in [-0.4, -0.2) is 33.7 Å². The number of rotatable bonds is 2. The second-order valence-corrected chi connectivity index (χ2v) is 4.72. The number of aryl methyl sites for hydroxylation is 1. The van der Waals surface area contributed by atoms with E-state index in [-0.39, 0.29) is 5.91 Å². The quantitative estimate of drug-likeness (QED) is 0.725. The van der Waals surface area contributed by atoms with Gasteiger partial charge in [0.05, 0.1) is 6.20 Å². The molecule has 1 aliphatic rings. The zero-order valence-electron chi connectivity index (χ0n) is 10.5. The van der Waals surface area contributed by atoms with Gasteiger partial charge in [-0.15, -0.1) is 4.68 Å². The molecule has 0 bridgehead atoms. The van der Waals surface area contributed by atoms with Gasteiger partial charge < -0.3 is 4.90 Å². The topological polar surface area (TPSA) is 42.2 Å². The van der Waals surface area contributed by atoms with Gasteiger partial charge in [-0.1, -0.05) is 6.07 Å². The number of hydrogen-bond donors (Lipinski definition) is 0. The van der Waals surface area contributed by atoms with Gasteiger partial charge in [-0.25, -0.2) is 4.40 Å². The Balaban J connectivity index is 1.86. The molecule has 0 aromatic carbocycles. The molecule has 0 atom stereocenters. The molecule has 2 aromatic rings. The molecule has 0 aliphatic carbocycles. The van der Waals surface area contributed by atoms with Crippen molar-refractivity contribution in [3.63, 3.8) is 0 Å². The third-order valence-electron chi connectivity index (χ3n) is 3.53. The molecular formula is C13H17N4O+. The maximum absolute atomic E-state index is 12.1. The molecule has 0 spiro atoms. The summed E-state index contributed by atoms with van der Waals surface area (Å²) < 4.78 is 3.78. The van der Waals surface area contributed by atoms with Crippen LogP contribution in [0.5, 0.6) is 0 Å². The van der Waals surface area contributed by atoms with E-state index >= 15 is 0 Å². The smallest absolute Gasteiger partial charge is 0.306 e. The molecule has 1 saturated heterocycles. The van der Waals surface area contributed by atoms with Gasteiger partial charge in [0.2, 0.25) is 5.82 Å². The lowest BCUT2D eigenvalue weighted by Gasteiger charge is -2.12. The number of hydrogen-bond acceptors (Lipinski definition) is 2. The Kier molecular flexibility index (Phi) is 2.74. The van der Waals surface area contributed by atoms with Gasteiger partial charge in [-0.2, -0.15) is 0 Å². The fraction of sp³-hybridized carbons (Fsp3) is 0.462. The van der Waals surface area contributed by atoms with E-state index in [4.69, 9.17) is 0 Å². The van der Waals surface area contributed by atoms with E-state index in [9.17, 15) is 4.79 Å². The molecular weight excluding hydrogens is 228 g/mol. The Morgan fingerprint density at radius 3 is 2.89 bits per heavy atom. The predicted octanol–water partition coefficient (Wildman–Crippen LogP) is 0.553. The van der Waals surface area contributed by atoms with Crippen molar-refractivity contribution >= 4 is 11.6 Å². The number of fused-ring (bicyclic) bond motifs is 1. The first-order valence-corrected chi connectivity index (χ1v) is 6.37. The minimum absolute atomic E-state index is 0.170. The van der Waals surface area contributed by atoms with Crippen LogP contribution >= 0.6 is 0 Å². The lowest BCUT2D eigenvalue weighted by atomic mass is 10.4. The summed E-state index contributed by atoms with van der Waals surface area (Å²) in [6.45, 7) is 4.11. The number of likely N-dealkylation sites (tertiary alicyclic amines) is 1. The second kappa shape index (κ2) is 4.40. The van der Waals surface area contributed by atoms with E-state index in [0.29, 0.717) is 6.54 Å². The highest BCUT2D eigenvalue weighted by Gasteiger charge is 2.23. The lowest BCUT2D eigenvalue weighted by molar-refractivity contribution is -0.521. The van der Waals surface area contributed by atoms with Crippen molar-refractivity contribution in [1.82, 2.24) is 14.7 Å². The zero-order valence-corrected chi connectivity index (χ0v) is 10.5. The largest absolute Gasteiger partial charge is 0.340 e. The zero-order chi connectivity index (χ0) is 12.5. The Hall–Kier alpha value is -1.91. The van der Waals surface area contributed by atoms with Crippen LogP contribution in [0.1, 0.15) is 18.7 Å². The van der Waals surface area contributed by atoms with Crippen LogP contribution in [0.2, 0.25) is 0 Å². The van der Waals surface area contributed by atoms with Crippen LogP contribution in [0.3, 0.4) is 0 Å². The summed E-state index contributed by atoms with van der Waals surface area (Å²) in [7, 11) is 0. The first-order valence-electron chi connectivity index (χ1n) is 6.37. The molecule has 0 unspecified atom stereocenters. The minimum Gasteiger partial charge on any atom is -0.340 e. The van der Waals surface area contributed by atoms with Gasteiger partial charge in [0.15, 0.2) is 6.54 Å². The van der Waals surface area contributed by atoms with Crippen molar-refractivity contribution in [2.45, 2.75) is 26.3 Å². The molecule has 5 nitrogen and oxygen atoms in total. The van der Waals surface area contributed by atoms with Crippen molar-refractivity contribution in [2.24, 2.45) is 0 Å². The summed E-state index contributed by atoms with van der Waals surface area (Å²) in [5, 5.41) is 4.46. The van der Waals surface area contributed by atoms with Gasteiger partial charge in [0.1, 0.15) is 0 Å². The van der Waals surface area contributed by atoms with Crippen LogP contribution in [-0.2, 0) is 11.3 Å². The number of pyridine rings is 1. The molecule has 94 valence electrons. The van der Waals surface area contributed by atoms with Gasteiger partial charge in [0, 0.05) is 31.2 Å². The number of nitrogens with zero attached hydrogens (tertiary/aromatic N) is 4. The third-order valence-corrected chi connectivity index (χ3v) is 3.53. The van der Waals surface area contributed by atoms with Crippen molar-refractivity contribution in [2.75, 3.05) is 13.1 Å². The molecule has 1 fully saturated rings. The van der Waals surface area contributed by atoms with Crippen molar-refractivity contribution in [3.05, 3.63) is 30.2 Å². The molecule has 5 heteroatoms. The van der Waals surface area contributed by atoms with E-state index < -0.39 is 0 Å². The Labute approximate surface area is 106 Å². The normalized spacial score (nSPS) is 15.5. The fourth-order valence-corrected chi connectivity index (χ4v) is 2.45. The van der Waals surface area contributed by atoms with E-state index in [1.165, 1.54) is 0 Å². The standard InChI is InChI=1S/C13H17N4O/c1-11-16-9-3-2-6-12(16)14-17(11)10-13(18)15-7-4-5-8-15/h2-3,6,9H,4-5,7-8,10H2,1H3/q+1. The average molecular weight is 245 g/mol. The highest BCUT2D eigenvalue weighted by Crippen LogP contribution is 2.08. The molecule has 2 aromatic heterocycles. The maximum atomic E-state index is 12.1. The number of amides is 1. The number of carbonyl (C=O) groups excluding carboxylic acids is 1. The monoisotopic (exact) mass is 245 g/mol. The lowest BCUT2D eigenvalue weighted by Crippen LogP contribution is -2.32. The SMILES string of the molecule is Cc1n(CC(=O)N2CCCC2)nc2cccc[n+]12. The molecule has 3 rings (SSSR count). The Morgan fingerprint density at radius 1 is 1.39 bits per heavy atom. The molecule has 3 heterocycles. The first-order chi connectivity index (χ1) is 8.75. The summed E-state index contributed by atoms with van der Waals surface area (Å²) in [5.74, 6) is 1.15. The number of carbonyl (C=O) groups is 1. The number of aromatic nitrogens is 3. The van der Waals surface area contributed by atoms with Crippen LogP contribution in [0.25, 0.3) is 5.65 Å². The molecule has 0 radical (unpaired) electrons. The van der Waals surface area contributed by atoms with Crippen LogP contribution < -0.4 is 4.40 Å². The fourth-order valence-electron chi connectivity index (χ4n) is 2.45. The molecule has 1 amide bonds. The summed E-state index contributed by atoms with van der Waals surface area (Å²) in [6, 6.07) is 5.87. The van der Waals surface area contributed by atoms with E-state index in [1.807, 2.05) is 40.6 Å². The minimum atomic E-state index is 0.170. The van der Waals surface area contributed by atoms with Crippen LogP contribution in [0.15, 0.2) is 24.4 Å². The maximum Gasteiger partial charge on any atom is 0.306 e. The van der Waals surface area contributed by atoms with E-state index in [1.54, 1.807) is 4.68 Å². The van der Waals surface area contributed by atoms with Crippen molar-refractivity contribution < 1.29 is 9.20 Å². The van der Waals surface area contributed by atoms with Crippen molar-refractivity contribution in [1.29, 1.82) is 0 Å². The first kappa shape index (κ1) is 11.2. The van der Waals surface area contributed by atoms with Crippen LogP contribution in [0, 0.1) is 6.92 Å². The molecule has 0 N–H and O–H groups in total. The van der Waals surface area contributed by atoms with Crippen LogP contribution in [0.4, 0.5) is 0 Å². The van der Waals surface area contributed by atoms with Gasteiger partial charge in [-0.3, -0.25) is 4.79 Å². The average Bonchev–Trinajstić information content (AvgIpc) is 3.00. The van der Waals surface area contributed by atoms with E-state index in [0.717, 1.165) is 37.4 Å². The molecule has 18 heavy (non-hydrogen) atoms. The highest BCUT2D eigenvalue weighted by atomic mass is 16.2.